The summed E-state index contributed by atoms with van der Waals surface area (Å²) in [5.74, 6) is -3.38. The van der Waals surface area contributed by atoms with Gasteiger partial charge in [0.05, 0.1) is 18.4 Å². The lowest BCUT2D eigenvalue weighted by molar-refractivity contribution is -0.300. The van der Waals surface area contributed by atoms with Crippen LogP contribution in [0.5, 0.6) is 11.5 Å². The fourth-order valence-electron chi connectivity index (χ4n) is 5.77. The van der Waals surface area contributed by atoms with Gasteiger partial charge in [-0.25, -0.2) is 4.79 Å². The predicted octanol–water partition coefficient (Wildman–Crippen LogP) is 2.71. The molecule has 0 saturated carbocycles. The summed E-state index contributed by atoms with van der Waals surface area (Å²) in [5, 5.41) is 18.5. The van der Waals surface area contributed by atoms with Gasteiger partial charge in [0.25, 0.3) is 0 Å². The number of fused-ring (bicyclic) bond motifs is 2. The molecule has 16 heteroatoms. The highest BCUT2D eigenvalue weighted by Gasteiger charge is 2.53. The van der Waals surface area contributed by atoms with Gasteiger partial charge in [-0.3, -0.25) is 24.5 Å². The highest BCUT2D eigenvalue weighted by atomic mass is 16.7. The van der Waals surface area contributed by atoms with E-state index in [2.05, 4.69) is 16.0 Å². The molecule has 0 spiro atoms. The van der Waals surface area contributed by atoms with Crippen molar-refractivity contribution in [3.05, 3.63) is 30.4 Å². The van der Waals surface area contributed by atoms with E-state index in [1.165, 1.54) is 13.2 Å². The first-order valence-electron chi connectivity index (χ1n) is 17.4. The number of anilines is 1. The molecule has 4 rings (SSSR count). The van der Waals surface area contributed by atoms with Gasteiger partial charge in [-0.2, -0.15) is 0 Å². The third-order valence-electron chi connectivity index (χ3n) is 8.61. The van der Waals surface area contributed by atoms with Crippen LogP contribution in [-0.2, 0) is 42.9 Å². The van der Waals surface area contributed by atoms with E-state index in [0.717, 1.165) is 25.7 Å². The van der Waals surface area contributed by atoms with E-state index in [4.69, 9.17) is 33.2 Å². The number of aliphatic hydroxyl groups excluding tert-OH is 1. The number of rotatable bonds is 14. The highest BCUT2D eigenvalue weighted by molar-refractivity contribution is 5.86. The molecule has 282 valence electrons. The molecule has 1 saturated heterocycles. The number of amides is 3. The minimum absolute atomic E-state index is 0.0240. The van der Waals surface area contributed by atoms with Crippen molar-refractivity contribution in [2.24, 2.45) is 11.8 Å². The van der Waals surface area contributed by atoms with Crippen molar-refractivity contribution in [2.75, 3.05) is 38.9 Å². The Hall–Kier alpha value is -4.41. The zero-order chi connectivity index (χ0) is 36.8. The van der Waals surface area contributed by atoms with Crippen LogP contribution in [0.2, 0.25) is 0 Å². The van der Waals surface area contributed by atoms with Crippen LogP contribution in [0.15, 0.2) is 30.4 Å². The van der Waals surface area contributed by atoms with Gasteiger partial charge in [0.2, 0.25) is 18.6 Å². The number of esters is 2. The molecule has 51 heavy (non-hydrogen) atoms. The smallest absolute Gasteiger partial charge is 0.412 e. The van der Waals surface area contributed by atoms with Gasteiger partial charge in [0, 0.05) is 44.8 Å². The van der Waals surface area contributed by atoms with Gasteiger partial charge < -0.3 is 48.9 Å². The molecule has 3 amide bonds. The van der Waals surface area contributed by atoms with E-state index in [1.807, 2.05) is 13.8 Å². The minimum atomic E-state index is -1.56. The minimum Gasteiger partial charge on any atom is -0.454 e. The van der Waals surface area contributed by atoms with E-state index in [-0.39, 0.29) is 50.0 Å². The Kier molecular flexibility index (Phi) is 15.3. The second-order valence-corrected chi connectivity index (χ2v) is 12.5. The summed E-state index contributed by atoms with van der Waals surface area (Å²) in [6.45, 7) is 4.19. The number of carbonyl (C=O) groups excluding carboxylic acids is 5. The topological polar surface area (TPSA) is 206 Å². The number of aliphatic hydroxyl groups is 1. The molecule has 1 aromatic rings. The molecule has 1 aromatic carbocycles. The number of benzene rings is 1. The molecule has 3 aliphatic heterocycles. The van der Waals surface area contributed by atoms with Crippen molar-refractivity contribution in [3.63, 3.8) is 0 Å². The maximum atomic E-state index is 13.8. The first kappa shape index (κ1) is 39.4. The third-order valence-corrected chi connectivity index (χ3v) is 8.61. The van der Waals surface area contributed by atoms with Crippen LogP contribution in [0.25, 0.3) is 0 Å². The second kappa shape index (κ2) is 19.8. The molecular weight excluding hydrogens is 670 g/mol. The van der Waals surface area contributed by atoms with E-state index >= 15 is 0 Å². The number of hydrogen-bond donors (Lipinski definition) is 4. The predicted molar refractivity (Wildman–Crippen MR) is 179 cm³/mol. The average Bonchev–Trinajstić information content (AvgIpc) is 3.58. The molecule has 0 aliphatic carbocycles. The summed E-state index contributed by atoms with van der Waals surface area (Å²) in [6, 6.07) is 4.67. The first-order chi connectivity index (χ1) is 24.7. The Morgan fingerprint density at radius 3 is 2.02 bits per heavy atom. The van der Waals surface area contributed by atoms with Gasteiger partial charge in [0.1, 0.15) is 6.10 Å². The summed E-state index contributed by atoms with van der Waals surface area (Å²) >= 11 is 0. The van der Waals surface area contributed by atoms with Crippen LogP contribution in [0, 0.1) is 11.8 Å². The molecule has 1 fully saturated rings. The van der Waals surface area contributed by atoms with Crippen LogP contribution in [0.3, 0.4) is 0 Å². The summed E-state index contributed by atoms with van der Waals surface area (Å²) < 4.78 is 39.6. The number of allylic oxidation sites excluding steroid dienone is 2. The zero-order valence-corrected chi connectivity index (χ0v) is 29.3. The number of ether oxygens (including phenoxy) is 7. The molecule has 4 N–H and O–H groups in total. The number of carbonyl (C=O) groups is 5. The van der Waals surface area contributed by atoms with Crippen LogP contribution in [-0.4, -0.2) is 99.3 Å². The maximum Gasteiger partial charge on any atom is 0.412 e. The van der Waals surface area contributed by atoms with Gasteiger partial charge >= 0.3 is 18.0 Å². The molecule has 0 aromatic heterocycles. The van der Waals surface area contributed by atoms with Crippen molar-refractivity contribution in [3.8, 4) is 11.5 Å². The summed E-state index contributed by atoms with van der Waals surface area (Å²) in [4.78, 5) is 66.5. The van der Waals surface area contributed by atoms with Gasteiger partial charge in [-0.1, -0.05) is 38.8 Å². The van der Waals surface area contributed by atoms with Gasteiger partial charge in [0.15, 0.2) is 36.1 Å². The quantitative estimate of drug-likeness (QED) is 0.0946. The summed E-state index contributed by atoms with van der Waals surface area (Å²) in [6.07, 6.45) is -1.92. The zero-order valence-electron chi connectivity index (χ0n) is 29.3. The van der Waals surface area contributed by atoms with Crippen LogP contribution < -0.4 is 25.4 Å². The number of hydrogen-bond acceptors (Lipinski definition) is 13. The van der Waals surface area contributed by atoms with Crippen LogP contribution in [0.4, 0.5) is 10.5 Å². The summed E-state index contributed by atoms with van der Waals surface area (Å²) in [7, 11) is 1.26. The lowest BCUT2D eigenvalue weighted by atomic mass is 9.94. The van der Waals surface area contributed by atoms with Crippen molar-refractivity contribution < 1.29 is 62.2 Å². The molecule has 3 heterocycles. The normalized spacial score (nSPS) is 26.0. The Bertz CT molecular complexity index is 1390. The van der Waals surface area contributed by atoms with Crippen molar-refractivity contribution in [1.29, 1.82) is 0 Å². The van der Waals surface area contributed by atoms with E-state index < -0.39 is 67.2 Å². The van der Waals surface area contributed by atoms with Crippen LogP contribution in [0.1, 0.15) is 65.2 Å². The maximum absolute atomic E-state index is 13.8. The van der Waals surface area contributed by atoms with E-state index in [1.54, 1.807) is 24.3 Å². The standard InChI is InChI=1S/C35H49N3O13/c1-4-6-14-36-27(40)16-21-10-8-9-11-22(17-28(41)37-15-7-5-2)33(43)50-31-30(49-32(21)42)29(26(19-39)48-34(31)45-3)51-35(44)38-23-12-13-24-25(18-23)47-20-46-24/h8-9,12-13,18,21-22,26,29-31,34,39H,4-7,10-11,14-17,19-20H2,1-3H3,(H,36,40)(H,37,41)(H,38,44)/t21-,22-,26-,29-,30+,31-,34+/m1/s1. The second-order valence-electron chi connectivity index (χ2n) is 12.5. The Balaban J connectivity index is 1.64. The first-order valence-corrected chi connectivity index (χ1v) is 17.4. The third kappa shape index (κ3) is 11.3. The molecular formula is C35H49N3O13. The largest absolute Gasteiger partial charge is 0.454 e. The number of unbranched alkanes of at least 4 members (excludes halogenated alkanes) is 2. The number of nitrogens with one attached hydrogen (secondary N) is 3. The van der Waals surface area contributed by atoms with Crippen molar-refractivity contribution in [2.45, 2.75) is 95.9 Å². The molecule has 0 bridgehead atoms. The lowest BCUT2D eigenvalue weighted by Gasteiger charge is -2.44. The number of methoxy groups -OCH3 is 1. The monoisotopic (exact) mass is 719 g/mol. The van der Waals surface area contributed by atoms with Crippen LogP contribution >= 0.6 is 0 Å². The Morgan fingerprint density at radius 1 is 0.863 bits per heavy atom. The molecule has 3 aliphatic rings. The van der Waals surface area contributed by atoms with Gasteiger partial charge in [-0.15, -0.1) is 0 Å². The fourth-order valence-corrected chi connectivity index (χ4v) is 5.77. The van der Waals surface area contributed by atoms with E-state index in [9.17, 15) is 29.1 Å². The van der Waals surface area contributed by atoms with Gasteiger partial charge in [-0.05, 0) is 37.8 Å². The Labute approximate surface area is 296 Å². The Morgan fingerprint density at radius 2 is 1.45 bits per heavy atom. The molecule has 0 unspecified atom stereocenters. The molecule has 16 nitrogen and oxygen atoms in total. The SMILES string of the molecule is CCCCNC(=O)C[C@H]1CC=CC[C@H](CC(=O)NCCCC)C(=O)O[C@H]2[C@@H](OC)O[C@H](CO)[C@@H](OC(=O)Nc3ccc4c(c3)OCO4)[C@@H]2OC1=O. The molecule has 0 radical (unpaired) electrons. The highest BCUT2D eigenvalue weighted by Crippen LogP contribution is 2.35. The molecule has 7 atom stereocenters. The fraction of sp³-hybridized carbons (Fsp3) is 0.629. The van der Waals surface area contributed by atoms with E-state index in [0.29, 0.717) is 24.6 Å². The average molecular weight is 720 g/mol. The summed E-state index contributed by atoms with van der Waals surface area (Å²) in [5.41, 5.74) is 0.288. The van der Waals surface area contributed by atoms with Crippen molar-refractivity contribution >= 4 is 35.5 Å². The lowest BCUT2D eigenvalue weighted by Crippen LogP contribution is -2.63. The van der Waals surface area contributed by atoms with Crippen molar-refractivity contribution in [1.82, 2.24) is 10.6 Å².